The third-order valence-electron chi connectivity index (χ3n) is 4.88. The van der Waals surface area contributed by atoms with E-state index in [1.54, 1.807) is 0 Å². The standard InChI is InChI=1S/C23H19NO2/c1-16-9-8-14-19(15-16)24-22(25)20(17-10-4-2-5-11-17)21(23(24)26)18-12-6-3-7-13-18/h2-15,20-21H,1H3/t20-,21-/m1/s1. The molecule has 4 rings (SSSR count). The average molecular weight is 341 g/mol. The Labute approximate surface area is 152 Å². The Hall–Kier alpha value is -3.20. The summed E-state index contributed by atoms with van der Waals surface area (Å²) in [6, 6.07) is 26.7. The highest BCUT2D eigenvalue weighted by Gasteiger charge is 2.49. The second-order valence-corrected chi connectivity index (χ2v) is 6.63. The van der Waals surface area contributed by atoms with E-state index >= 15 is 0 Å². The largest absolute Gasteiger partial charge is 0.273 e. The van der Waals surface area contributed by atoms with Crippen molar-refractivity contribution in [1.82, 2.24) is 0 Å². The lowest BCUT2D eigenvalue weighted by atomic mass is 9.83. The fraction of sp³-hybridized carbons (Fsp3) is 0.130. The van der Waals surface area contributed by atoms with Crippen LogP contribution in [0.5, 0.6) is 0 Å². The summed E-state index contributed by atoms with van der Waals surface area (Å²) in [6.07, 6.45) is 0. The molecule has 128 valence electrons. The molecule has 3 heteroatoms. The SMILES string of the molecule is Cc1cccc(N2C(=O)[C@H](c3ccccc3)[C@@H](c3ccccc3)C2=O)c1. The molecule has 3 aromatic rings. The number of anilines is 1. The third-order valence-corrected chi connectivity index (χ3v) is 4.88. The predicted octanol–water partition coefficient (Wildman–Crippen LogP) is 4.44. The maximum Gasteiger partial charge on any atom is 0.242 e. The van der Waals surface area contributed by atoms with Crippen molar-refractivity contribution >= 4 is 17.5 Å². The predicted molar refractivity (Wildman–Crippen MR) is 102 cm³/mol. The van der Waals surface area contributed by atoms with Gasteiger partial charge in [-0.1, -0.05) is 72.8 Å². The van der Waals surface area contributed by atoms with Gasteiger partial charge in [0.1, 0.15) is 0 Å². The van der Waals surface area contributed by atoms with E-state index in [4.69, 9.17) is 0 Å². The summed E-state index contributed by atoms with van der Waals surface area (Å²) in [5, 5.41) is 0. The van der Waals surface area contributed by atoms with Gasteiger partial charge in [0.25, 0.3) is 0 Å². The van der Waals surface area contributed by atoms with Crippen LogP contribution in [0.25, 0.3) is 0 Å². The minimum absolute atomic E-state index is 0.166. The third kappa shape index (κ3) is 2.72. The van der Waals surface area contributed by atoms with Crippen molar-refractivity contribution in [2.45, 2.75) is 18.8 Å². The first-order chi connectivity index (χ1) is 12.7. The number of aryl methyl sites for hydroxylation is 1. The minimum atomic E-state index is -0.508. The van der Waals surface area contributed by atoms with Gasteiger partial charge in [-0.3, -0.25) is 9.59 Å². The van der Waals surface area contributed by atoms with Crippen LogP contribution in [0.2, 0.25) is 0 Å². The Morgan fingerprint density at radius 3 is 1.62 bits per heavy atom. The smallest absolute Gasteiger partial charge is 0.242 e. The van der Waals surface area contributed by atoms with Gasteiger partial charge < -0.3 is 0 Å². The normalized spacial score (nSPS) is 19.8. The second-order valence-electron chi connectivity index (χ2n) is 6.63. The molecule has 1 aliphatic heterocycles. The topological polar surface area (TPSA) is 37.4 Å². The Morgan fingerprint density at radius 1 is 0.654 bits per heavy atom. The van der Waals surface area contributed by atoms with E-state index in [0.717, 1.165) is 16.7 Å². The summed E-state index contributed by atoms with van der Waals surface area (Å²) < 4.78 is 0. The average Bonchev–Trinajstić information content (AvgIpc) is 2.93. The van der Waals surface area contributed by atoms with Gasteiger partial charge in [0.15, 0.2) is 0 Å². The minimum Gasteiger partial charge on any atom is -0.273 e. The molecule has 26 heavy (non-hydrogen) atoms. The van der Waals surface area contributed by atoms with Gasteiger partial charge in [-0.05, 0) is 35.7 Å². The highest BCUT2D eigenvalue weighted by atomic mass is 16.2. The van der Waals surface area contributed by atoms with Crippen molar-refractivity contribution in [3.8, 4) is 0 Å². The van der Waals surface area contributed by atoms with E-state index < -0.39 is 11.8 Å². The maximum atomic E-state index is 13.3. The summed E-state index contributed by atoms with van der Waals surface area (Å²) in [5.74, 6) is -1.35. The first kappa shape index (κ1) is 16.3. The van der Waals surface area contributed by atoms with Crippen LogP contribution in [0.1, 0.15) is 28.5 Å². The van der Waals surface area contributed by atoms with Gasteiger partial charge in [-0.25, -0.2) is 4.90 Å². The van der Waals surface area contributed by atoms with Crippen molar-refractivity contribution in [1.29, 1.82) is 0 Å². The number of rotatable bonds is 3. The summed E-state index contributed by atoms with van der Waals surface area (Å²) in [7, 11) is 0. The van der Waals surface area contributed by atoms with E-state index in [1.165, 1.54) is 4.90 Å². The Kier molecular flexibility index (Phi) is 4.13. The van der Waals surface area contributed by atoms with Gasteiger partial charge in [0.2, 0.25) is 11.8 Å². The van der Waals surface area contributed by atoms with Crippen molar-refractivity contribution < 1.29 is 9.59 Å². The monoisotopic (exact) mass is 341 g/mol. The van der Waals surface area contributed by atoms with E-state index in [0.29, 0.717) is 5.69 Å². The Balaban J connectivity index is 1.85. The number of carbonyl (C=O) groups is 2. The van der Waals surface area contributed by atoms with Crippen molar-refractivity contribution in [3.63, 3.8) is 0 Å². The molecule has 0 aliphatic carbocycles. The van der Waals surface area contributed by atoms with E-state index in [-0.39, 0.29) is 11.8 Å². The van der Waals surface area contributed by atoms with Crippen molar-refractivity contribution in [3.05, 3.63) is 102 Å². The van der Waals surface area contributed by atoms with E-state index in [1.807, 2.05) is 91.9 Å². The molecule has 3 aromatic carbocycles. The van der Waals surface area contributed by atoms with Gasteiger partial charge in [0, 0.05) is 0 Å². The lowest BCUT2D eigenvalue weighted by Crippen LogP contribution is -2.30. The summed E-state index contributed by atoms with van der Waals surface area (Å²) in [5.41, 5.74) is 3.39. The van der Waals surface area contributed by atoms with E-state index in [2.05, 4.69) is 0 Å². The van der Waals surface area contributed by atoms with Gasteiger partial charge in [-0.15, -0.1) is 0 Å². The van der Waals surface area contributed by atoms with Crippen molar-refractivity contribution in [2.24, 2.45) is 0 Å². The number of imide groups is 1. The molecular formula is C23H19NO2. The molecule has 0 unspecified atom stereocenters. The molecule has 0 saturated carbocycles. The number of carbonyl (C=O) groups excluding carboxylic acids is 2. The molecule has 1 heterocycles. The van der Waals surface area contributed by atoms with Crippen LogP contribution in [-0.2, 0) is 9.59 Å². The van der Waals surface area contributed by atoms with Crippen LogP contribution in [-0.4, -0.2) is 11.8 Å². The highest BCUT2D eigenvalue weighted by molar-refractivity contribution is 6.25. The van der Waals surface area contributed by atoms with Crippen LogP contribution >= 0.6 is 0 Å². The zero-order chi connectivity index (χ0) is 18.1. The fourth-order valence-corrected chi connectivity index (χ4v) is 3.68. The first-order valence-electron chi connectivity index (χ1n) is 8.71. The first-order valence-corrected chi connectivity index (χ1v) is 8.71. The molecule has 0 radical (unpaired) electrons. The molecule has 1 fully saturated rings. The van der Waals surface area contributed by atoms with Gasteiger partial charge in [-0.2, -0.15) is 0 Å². The number of amides is 2. The van der Waals surface area contributed by atoms with Crippen LogP contribution < -0.4 is 4.90 Å². The van der Waals surface area contributed by atoms with Crippen LogP contribution in [0, 0.1) is 6.92 Å². The Bertz CT molecular complexity index is 893. The van der Waals surface area contributed by atoms with Gasteiger partial charge in [0.05, 0.1) is 17.5 Å². The molecule has 0 aromatic heterocycles. The molecule has 0 bridgehead atoms. The molecule has 3 nitrogen and oxygen atoms in total. The quantitative estimate of drug-likeness (QED) is 0.661. The van der Waals surface area contributed by atoms with Crippen LogP contribution in [0.15, 0.2) is 84.9 Å². The number of nitrogens with zero attached hydrogens (tertiary/aromatic N) is 1. The van der Waals surface area contributed by atoms with Crippen molar-refractivity contribution in [2.75, 3.05) is 4.90 Å². The van der Waals surface area contributed by atoms with Gasteiger partial charge >= 0.3 is 0 Å². The number of benzene rings is 3. The zero-order valence-electron chi connectivity index (χ0n) is 14.5. The highest BCUT2D eigenvalue weighted by Crippen LogP contribution is 2.43. The van der Waals surface area contributed by atoms with Crippen LogP contribution in [0.4, 0.5) is 5.69 Å². The molecule has 2 amide bonds. The lowest BCUT2D eigenvalue weighted by Gasteiger charge is -2.15. The summed E-state index contributed by atoms with van der Waals surface area (Å²) in [6.45, 7) is 1.96. The molecule has 1 aliphatic rings. The van der Waals surface area contributed by atoms with Crippen LogP contribution in [0.3, 0.4) is 0 Å². The molecular weight excluding hydrogens is 322 g/mol. The molecule has 2 atom stereocenters. The lowest BCUT2D eigenvalue weighted by molar-refractivity contribution is -0.121. The molecule has 0 N–H and O–H groups in total. The number of hydrogen-bond acceptors (Lipinski definition) is 2. The summed E-state index contributed by atoms with van der Waals surface area (Å²) in [4.78, 5) is 28.0. The van der Waals surface area contributed by atoms with E-state index in [9.17, 15) is 9.59 Å². The summed E-state index contributed by atoms with van der Waals surface area (Å²) >= 11 is 0. The molecule has 0 spiro atoms. The second kappa shape index (κ2) is 6.60. The molecule has 1 saturated heterocycles. The maximum absolute atomic E-state index is 13.3. The zero-order valence-corrected chi connectivity index (χ0v) is 14.5. The Morgan fingerprint density at radius 2 is 1.15 bits per heavy atom. The number of hydrogen-bond donors (Lipinski definition) is 0. The fourth-order valence-electron chi connectivity index (χ4n) is 3.68.